The molecular formula is C9H8N2OS. The minimum Gasteiger partial charge on any atom is -0.298 e. The molecule has 2 aromatic rings. The van der Waals surface area contributed by atoms with Gasteiger partial charge in [-0.15, -0.1) is 11.3 Å². The molecule has 0 amide bonds. The molecule has 0 aliphatic rings. The molecule has 0 aromatic carbocycles. The highest BCUT2D eigenvalue weighted by molar-refractivity contribution is 7.17. The van der Waals surface area contributed by atoms with Crippen molar-refractivity contribution in [2.24, 2.45) is 0 Å². The van der Waals surface area contributed by atoms with E-state index in [9.17, 15) is 4.79 Å². The first kappa shape index (κ1) is 8.31. The summed E-state index contributed by atoms with van der Waals surface area (Å²) in [6, 6.07) is 0. The van der Waals surface area contributed by atoms with Crippen molar-refractivity contribution in [1.29, 1.82) is 0 Å². The van der Waals surface area contributed by atoms with Crippen LogP contribution < -0.4 is 0 Å². The molecule has 0 spiro atoms. The van der Waals surface area contributed by atoms with Crippen LogP contribution in [0.5, 0.6) is 0 Å². The number of hydrogen-bond acceptors (Lipinski definition) is 4. The van der Waals surface area contributed by atoms with Gasteiger partial charge in [-0.2, -0.15) is 0 Å². The zero-order valence-corrected chi connectivity index (χ0v) is 7.97. The monoisotopic (exact) mass is 192 g/mol. The van der Waals surface area contributed by atoms with Crippen LogP contribution in [-0.4, -0.2) is 16.3 Å². The smallest absolute Gasteiger partial charge is 0.153 e. The summed E-state index contributed by atoms with van der Waals surface area (Å²) in [6.07, 6.45) is 3.23. The Labute approximate surface area is 79.4 Å². The van der Waals surface area contributed by atoms with Crippen LogP contribution in [0.25, 0.3) is 10.2 Å². The van der Waals surface area contributed by atoms with E-state index in [0.717, 1.165) is 28.6 Å². The van der Waals surface area contributed by atoms with Crippen LogP contribution in [-0.2, 0) is 6.42 Å². The van der Waals surface area contributed by atoms with E-state index in [2.05, 4.69) is 9.97 Å². The minimum atomic E-state index is 0.664. The predicted molar refractivity (Wildman–Crippen MR) is 52.2 cm³/mol. The molecule has 13 heavy (non-hydrogen) atoms. The number of fused-ring (bicyclic) bond motifs is 1. The van der Waals surface area contributed by atoms with Crippen molar-refractivity contribution in [2.45, 2.75) is 13.3 Å². The summed E-state index contributed by atoms with van der Waals surface area (Å²) in [4.78, 5) is 18.9. The van der Waals surface area contributed by atoms with E-state index in [-0.39, 0.29) is 0 Å². The zero-order valence-electron chi connectivity index (χ0n) is 7.15. The standard InChI is InChI=1S/C9H8N2OS/c1-2-7-9-8(11-5-10-7)6(3-12)4-13-9/h3-5H,2H2,1H3. The second-order valence-electron chi connectivity index (χ2n) is 2.66. The molecule has 0 bridgehead atoms. The minimum absolute atomic E-state index is 0.664. The summed E-state index contributed by atoms with van der Waals surface area (Å²) >= 11 is 1.53. The Balaban J connectivity index is 2.79. The van der Waals surface area contributed by atoms with Crippen LogP contribution in [0.2, 0.25) is 0 Å². The molecule has 0 N–H and O–H groups in total. The van der Waals surface area contributed by atoms with E-state index >= 15 is 0 Å². The van der Waals surface area contributed by atoms with Crippen molar-refractivity contribution < 1.29 is 4.79 Å². The highest BCUT2D eigenvalue weighted by atomic mass is 32.1. The number of aromatic nitrogens is 2. The molecule has 0 atom stereocenters. The third-order valence-corrected chi connectivity index (χ3v) is 2.95. The Hall–Kier alpha value is -1.29. The highest BCUT2D eigenvalue weighted by Gasteiger charge is 2.07. The number of hydrogen-bond donors (Lipinski definition) is 0. The van der Waals surface area contributed by atoms with Gasteiger partial charge in [0.05, 0.1) is 21.5 Å². The molecule has 2 heterocycles. The molecule has 4 heteroatoms. The number of carbonyl (C=O) groups excluding carboxylic acids is 1. The topological polar surface area (TPSA) is 42.9 Å². The lowest BCUT2D eigenvalue weighted by atomic mass is 10.2. The second-order valence-corrected chi connectivity index (χ2v) is 3.54. The predicted octanol–water partition coefficient (Wildman–Crippen LogP) is 2.07. The van der Waals surface area contributed by atoms with Gasteiger partial charge in [0.25, 0.3) is 0 Å². The maximum Gasteiger partial charge on any atom is 0.153 e. The van der Waals surface area contributed by atoms with Gasteiger partial charge in [0, 0.05) is 5.38 Å². The lowest BCUT2D eigenvalue weighted by Gasteiger charge is -1.95. The third kappa shape index (κ3) is 1.23. The summed E-state index contributed by atoms with van der Waals surface area (Å²) in [6.45, 7) is 2.04. The van der Waals surface area contributed by atoms with Crippen molar-refractivity contribution in [2.75, 3.05) is 0 Å². The number of aryl methyl sites for hydroxylation is 1. The Morgan fingerprint density at radius 2 is 2.38 bits per heavy atom. The average Bonchev–Trinajstić information content (AvgIpc) is 2.60. The maximum absolute atomic E-state index is 10.6. The maximum atomic E-state index is 10.6. The van der Waals surface area contributed by atoms with Crippen LogP contribution >= 0.6 is 11.3 Å². The van der Waals surface area contributed by atoms with Gasteiger partial charge in [-0.05, 0) is 6.42 Å². The molecule has 3 nitrogen and oxygen atoms in total. The Morgan fingerprint density at radius 1 is 1.54 bits per heavy atom. The molecule has 0 fully saturated rings. The fourth-order valence-electron chi connectivity index (χ4n) is 1.25. The molecule has 0 saturated carbocycles. The lowest BCUT2D eigenvalue weighted by Crippen LogP contribution is -1.89. The fourth-order valence-corrected chi connectivity index (χ4v) is 2.28. The van der Waals surface area contributed by atoms with Gasteiger partial charge < -0.3 is 0 Å². The van der Waals surface area contributed by atoms with Crippen molar-refractivity contribution in [3.05, 3.63) is 23.0 Å². The van der Waals surface area contributed by atoms with E-state index in [1.54, 1.807) is 0 Å². The number of rotatable bonds is 2. The van der Waals surface area contributed by atoms with Gasteiger partial charge in [0.15, 0.2) is 6.29 Å². The van der Waals surface area contributed by atoms with E-state index in [0.29, 0.717) is 5.56 Å². The quantitative estimate of drug-likeness (QED) is 0.684. The van der Waals surface area contributed by atoms with E-state index < -0.39 is 0 Å². The normalized spacial score (nSPS) is 10.5. The van der Waals surface area contributed by atoms with E-state index in [1.165, 1.54) is 17.7 Å². The summed E-state index contributed by atoms with van der Waals surface area (Å²) in [5, 5.41) is 1.82. The molecule has 0 radical (unpaired) electrons. The van der Waals surface area contributed by atoms with Gasteiger partial charge in [-0.3, -0.25) is 4.79 Å². The molecule has 2 aromatic heterocycles. The van der Waals surface area contributed by atoms with Crippen LogP contribution in [0, 0.1) is 0 Å². The Bertz CT molecular complexity index is 450. The number of aldehydes is 1. The summed E-state index contributed by atoms with van der Waals surface area (Å²) < 4.78 is 1.03. The van der Waals surface area contributed by atoms with Gasteiger partial charge in [-0.25, -0.2) is 9.97 Å². The van der Waals surface area contributed by atoms with Crippen LogP contribution in [0.4, 0.5) is 0 Å². The first-order valence-electron chi connectivity index (χ1n) is 4.03. The summed E-state index contributed by atoms with van der Waals surface area (Å²) in [5.41, 5.74) is 2.46. The summed E-state index contributed by atoms with van der Waals surface area (Å²) in [7, 11) is 0. The first-order valence-corrected chi connectivity index (χ1v) is 4.91. The van der Waals surface area contributed by atoms with E-state index in [4.69, 9.17) is 0 Å². The van der Waals surface area contributed by atoms with Crippen LogP contribution in [0.3, 0.4) is 0 Å². The SMILES string of the molecule is CCc1ncnc2c(C=O)csc12. The first-order chi connectivity index (χ1) is 6.36. The largest absolute Gasteiger partial charge is 0.298 e. The molecular weight excluding hydrogens is 184 g/mol. The van der Waals surface area contributed by atoms with Crippen molar-refractivity contribution >= 4 is 27.8 Å². The number of thiophene rings is 1. The zero-order chi connectivity index (χ0) is 9.26. The number of nitrogens with zero attached hydrogens (tertiary/aromatic N) is 2. The lowest BCUT2D eigenvalue weighted by molar-refractivity contribution is 0.112. The molecule has 0 aliphatic carbocycles. The average molecular weight is 192 g/mol. The molecule has 0 aliphatic heterocycles. The molecule has 66 valence electrons. The summed E-state index contributed by atoms with van der Waals surface area (Å²) in [5.74, 6) is 0. The van der Waals surface area contributed by atoms with Gasteiger partial charge >= 0.3 is 0 Å². The van der Waals surface area contributed by atoms with E-state index in [1.807, 2.05) is 12.3 Å². The Morgan fingerprint density at radius 3 is 3.08 bits per heavy atom. The second kappa shape index (κ2) is 3.22. The fraction of sp³-hybridized carbons (Fsp3) is 0.222. The van der Waals surface area contributed by atoms with Crippen LogP contribution in [0.1, 0.15) is 23.0 Å². The molecule has 0 saturated heterocycles. The molecule has 0 unspecified atom stereocenters. The van der Waals surface area contributed by atoms with Crippen molar-refractivity contribution in [3.8, 4) is 0 Å². The number of carbonyl (C=O) groups is 1. The van der Waals surface area contributed by atoms with Gasteiger partial charge in [0.2, 0.25) is 0 Å². The third-order valence-electron chi connectivity index (χ3n) is 1.92. The van der Waals surface area contributed by atoms with Crippen molar-refractivity contribution in [3.63, 3.8) is 0 Å². The molecule has 2 rings (SSSR count). The Kier molecular flexibility index (Phi) is 2.06. The van der Waals surface area contributed by atoms with Crippen LogP contribution in [0.15, 0.2) is 11.7 Å². The van der Waals surface area contributed by atoms with Gasteiger partial charge in [-0.1, -0.05) is 6.92 Å². The van der Waals surface area contributed by atoms with Crippen molar-refractivity contribution in [1.82, 2.24) is 9.97 Å². The van der Waals surface area contributed by atoms with Gasteiger partial charge in [0.1, 0.15) is 6.33 Å². The highest BCUT2D eigenvalue weighted by Crippen LogP contribution is 2.24.